The van der Waals surface area contributed by atoms with Gasteiger partial charge in [0.2, 0.25) is 10.0 Å². The summed E-state index contributed by atoms with van der Waals surface area (Å²) >= 11 is 0. The van der Waals surface area contributed by atoms with Gasteiger partial charge in [0.05, 0.1) is 17.8 Å². The van der Waals surface area contributed by atoms with Crippen LogP contribution in [0.5, 0.6) is 0 Å². The molecule has 0 unspecified atom stereocenters. The van der Waals surface area contributed by atoms with Crippen LogP contribution in [-0.4, -0.2) is 53.7 Å². The monoisotopic (exact) mass is 305 g/mol. The summed E-state index contributed by atoms with van der Waals surface area (Å²) in [4.78, 5) is 22.7. The Labute approximate surface area is 117 Å². The molecule has 1 saturated heterocycles. The van der Waals surface area contributed by atoms with Crippen molar-refractivity contribution in [3.8, 4) is 0 Å². The molecule has 0 aromatic rings. The van der Waals surface area contributed by atoms with Gasteiger partial charge in [0.25, 0.3) is 0 Å². The van der Waals surface area contributed by atoms with Gasteiger partial charge < -0.3 is 9.84 Å². The van der Waals surface area contributed by atoms with Crippen LogP contribution in [0.2, 0.25) is 0 Å². The summed E-state index contributed by atoms with van der Waals surface area (Å²) in [6.07, 6.45) is 1.44. The Hall–Kier alpha value is -1.15. The fraction of sp³-hybridized carbons (Fsp3) is 0.833. The predicted molar refractivity (Wildman–Crippen MR) is 69.5 cm³/mol. The standard InChI is InChI=1S/C12H19NO6S/c1-2-19-10(14)8-12(5-6-12)20(17,18)13-7-3-4-9(13)11(15)16/h9H,2-8H2,1H3,(H,15,16)/t9-/m1/s1. The number of esters is 1. The molecule has 0 spiro atoms. The Balaban J connectivity index is 2.18. The second-order valence-corrected chi connectivity index (χ2v) is 7.56. The average molecular weight is 305 g/mol. The molecule has 1 saturated carbocycles. The minimum absolute atomic E-state index is 0.188. The summed E-state index contributed by atoms with van der Waals surface area (Å²) in [6, 6.07) is -1.00. The van der Waals surface area contributed by atoms with Gasteiger partial charge in [-0.2, -0.15) is 4.31 Å². The van der Waals surface area contributed by atoms with Crippen molar-refractivity contribution in [1.29, 1.82) is 0 Å². The van der Waals surface area contributed by atoms with E-state index in [9.17, 15) is 18.0 Å². The van der Waals surface area contributed by atoms with Gasteiger partial charge in [0.15, 0.2) is 0 Å². The van der Waals surface area contributed by atoms with Crippen LogP contribution >= 0.6 is 0 Å². The van der Waals surface area contributed by atoms with Crippen molar-refractivity contribution in [2.24, 2.45) is 0 Å². The van der Waals surface area contributed by atoms with Crippen molar-refractivity contribution in [3.63, 3.8) is 0 Å². The molecule has 2 fully saturated rings. The first-order chi connectivity index (χ1) is 9.34. The van der Waals surface area contributed by atoms with Crippen LogP contribution in [0.4, 0.5) is 0 Å². The Bertz CT molecular complexity index is 510. The first-order valence-corrected chi connectivity index (χ1v) is 8.18. The van der Waals surface area contributed by atoms with E-state index >= 15 is 0 Å². The van der Waals surface area contributed by atoms with E-state index in [4.69, 9.17) is 9.84 Å². The number of carbonyl (C=O) groups excluding carboxylic acids is 1. The van der Waals surface area contributed by atoms with Crippen molar-refractivity contribution in [2.45, 2.75) is 49.8 Å². The number of hydrogen-bond acceptors (Lipinski definition) is 5. The molecule has 1 aliphatic heterocycles. The van der Waals surface area contributed by atoms with E-state index in [2.05, 4.69) is 0 Å². The fourth-order valence-corrected chi connectivity index (χ4v) is 4.98. The summed E-state index contributed by atoms with van der Waals surface area (Å²) in [5, 5.41) is 9.10. The van der Waals surface area contributed by atoms with Gasteiger partial charge in [-0.05, 0) is 32.6 Å². The first kappa shape index (κ1) is 15.2. The number of hydrogen-bond donors (Lipinski definition) is 1. The molecule has 2 aliphatic rings. The van der Waals surface area contributed by atoms with Crippen molar-refractivity contribution < 1.29 is 27.9 Å². The highest BCUT2D eigenvalue weighted by Crippen LogP contribution is 2.49. The molecule has 8 heteroatoms. The minimum atomic E-state index is -3.78. The summed E-state index contributed by atoms with van der Waals surface area (Å²) in [7, 11) is -3.78. The van der Waals surface area contributed by atoms with Crippen molar-refractivity contribution in [1.82, 2.24) is 4.31 Å². The third-order valence-electron chi connectivity index (χ3n) is 3.92. The molecule has 0 aromatic carbocycles. The van der Waals surface area contributed by atoms with Gasteiger partial charge >= 0.3 is 11.9 Å². The molecule has 20 heavy (non-hydrogen) atoms. The summed E-state index contributed by atoms with van der Waals surface area (Å²) in [5.41, 5.74) is 0. The van der Waals surface area contributed by atoms with Gasteiger partial charge in [-0.3, -0.25) is 9.59 Å². The molecule has 0 aromatic heterocycles. The van der Waals surface area contributed by atoms with Crippen molar-refractivity contribution >= 4 is 22.0 Å². The number of aliphatic carboxylic acids is 1. The molecule has 1 aliphatic carbocycles. The van der Waals surface area contributed by atoms with E-state index < -0.39 is 32.8 Å². The zero-order valence-electron chi connectivity index (χ0n) is 11.4. The van der Waals surface area contributed by atoms with Crippen molar-refractivity contribution in [3.05, 3.63) is 0 Å². The molecule has 1 atom stereocenters. The zero-order chi connectivity index (χ0) is 15.0. The number of ether oxygens (including phenoxy) is 1. The van der Waals surface area contributed by atoms with E-state index in [1.807, 2.05) is 0 Å². The molecule has 7 nitrogen and oxygen atoms in total. The van der Waals surface area contributed by atoms with Crippen LogP contribution in [0.1, 0.15) is 39.0 Å². The summed E-state index contributed by atoms with van der Waals surface area (Å²) < 4.78 is 30.0. The number of sulfonamides is 1. The Kier molecular flexibility index (Phi) is 4.06. The number of carboxylic acid groups (broad SMARTS) is 1. The zero-order valence-corrected chi connectivity index (χ0v) is 12.2. The lowest BCUT2D eigenvalue weighted by Crippen LogP contribution is -2.46. The van der Waals surface area contributed by atoms with Gasteiger partial charge in [-0.25, -0.2) is 8.42 Å². The predicted octanol–water partition coefficient (Wildman–Crippen LogP) is 0.351. The number of rotatable bonds is 6. The molecule has 114 valence electrons. The Morgan fingerprint density at radius 2 is 2.05 bits per heavy atom. The summed E-state index contributed by atoms with van der Waals surface area (Å²) in [5.74, 6) is -1.67. The first-order valence-electron chi connectivity index (χ1n) is 6.74. The SMILES string of the molecule is CCOC(=O)CC1(S(=O)(=O)N2CCC[C@@H]2C(=O)O)CC1. The lowest BCUT2D eigenvalue weighted by atomic mass is 10.2. The fourth-order valence-electron chi connectivity index (χ4n) is 2.66. The van der Waals surface area contributed by atoms with Crippen LogP contribution in [-0.2, 0) is 24.3 Å². The average Bonchev–Trinajstić information content (AvgIpc) is 2.96. The molecular formula is C12H19NO6S. The second kappa shape index (κ2) is 5.33. The highest BCUT2D eigenvalue weighted by Gasteiger charge is 2.60. The van der Waals surface area contributed by atoms with Crippen LogP contribution in [0.3, 0.4) is 0 Å². The van der Waals surface area contributed by atoms with Gasteiger partial charge in [-0.15, -0.1) is 0 Å². The lowest BCUT2D eigenvalue weighted by molar-refractivity contribution is -0.143. The molecule has 0 amide bonds. The van der Waals surface area contributed by atoms with E-state index in [0.29, 0.717) is 25.7 Å². The topological polar surface area (TPSA) is 101 Å². The number of nitrogens with zero attached hydrogens (tertiary/aromatic N) is 1. The maximum atomic E-state index is 12.6. The molecule has 0 radical (unpaired) electrons. The maximum Gasteiger partial charge on any atom is 0.322 e. The third kappa shape index (κ3) is 2.54. The minimum Gasteiger partial charge on any atom is -0.480 e. The highest BCUT2D eigenvalue weighted by atomic mass is 32.2. The largest absolute Gasteiger partial charge is 0.480 e. The van der Waals surface area contributed by atoms with Crippen LogP contribution in [0.15, 0.2) is 0 Å². The van der Waals surface area contributed by atoms with E-state index in [-0.39, 0.29) is 19.6 Å². The van der Waals surface area contributed by atoms with Crippen molar-refractivity contribution in [2.75, 3.05) is 13.2 Å². The molecule has 2 rings (SSSR count). The van der Waals surface area contributed by atoms with E-state index in [1.165, 1.54) is 0 Å². The number of carbonyl (C=O) groups is 2. The van der Waals surface area contributed by atoms with Gasteiger partial charge in [-0.1, -0.05) is 0 Å². The van der Waals surface area contributed by atoms with Crippen LogP contribution in [0.25, 0.3) is 0 Å². The molecule has 1 heterocycles. The highest BCUT2D eigenvalue weighted by molar-refractivity contribution is 7.90. The third-order valence-corrected chi connectivity index (χ3v) is 6.63. The smallest absolute Gasteiger partial charge is 0.322 e. The van der Waals surface area contributed by atoms with E-state index in [1.54, 1.807) is 6.92 Å². The molecular weight excluding hydrogens is 286 g/mol. The molecule has 0 bridgehead atoms. The van der Waals surface area contributed by atoms with Gasteiger partial charge in [0, 0.05) is 6.54 Å². The Morgan fingerprint density at radius 1 is 1.40 bits per heavy atom. The quantitative estimate of drug-likeness (QED) is 0.711. The normalized spacial score (nSPS) is 25.4. The van der Waals surface area contributed by atoms with E-state index in [0.717, 1.165) is 4.31 Å². The molecule has 1 N–H and O–H groups in total. The maximum absolute atomic E-state index is 12.6. The summed E-state index contributed by atoms with van der Waals surface area (Å²) in [6.45, 7) is 2.08. The van der Waals surface area contributed by atoms with Crippen LogP contribution < -0.4 is 0 Å². The second-order valence-electron chi connectivity index (χ2n) is 5.28. The Morgan fingerprint density at radius 3 is 2.55 bits per heavy atom. The number of carboxylic acids is 1. The van der Waals surface area contributed by atoms with Gasteiger partial charge in [0.1, 0.15) is 6.04 Å². The van der Waals surface area contributed by atoms with Crippen LogP contribution in [0, 0.1) is 0 Å². The lowest BCUT2D eigenvalue weighted by Gasteiger charge is -2.26.